The van der Waals surface area contributed by atoms with Crippen molar-refractivity contribution in [1.82, 2.24) is 20.9 Å². The summed E-state index contributed by atoms with van der Waals surface area (Å²) < 4.78 is 0. The largest absolute Gasteiger partial charge is 0.480 e. The molecule has 1 unspecified atom stereocenters. The Morgan fingerprint density at radius 1 is 0.964 bits per heavy atom. The molecule has 1 heterocycles. The van der Waals surface area contributed by atoms with Crippen molar-refractivity contribution in [2.24, 2.45) is 5.92 Å². The number of hydrogen-bond acceptors (Lipinski definition) is 5. The topological polar surface area (TPSA) is 145 Å². The van der Waals surface area contributed by atoms with Crippen molar-refractivity contribution in [3.8, 4) is 0 Å². The molecule has 4 amide bonds. The van der Waals surface area contributed by atoms with Crippen LogP contribution >= 0.6 is 0 Å². The molecular weight excluding hydrogens is 368 g/mol. The van der Waals surface area contributed by atoms with Gasteiger partial charge in [0.1, 0.15) is 24.2 Å². The fourth-order valence-corrected chi connectivity index (χ4v) is 3.09. The molecule has 0 aromatic rings. The molecule has 0 bridgehead atoms. The van der Waals surface area contributed by atoms with E-state index in [1.807, 2.05) is 0 Å². The summed E-state index contributed by atoms with van der Waals surface area (Å²) >= 11 is 0. The Balaban J connectivity index is 2.75. The third kappa shape index (κ3) is 6.21. The van der Waals surface area contributed by atoms with Gasteiger partial charge in [-0.25, -0.2) is 4.79 Å². The molecule has 0 aromatic carbocycles. The van der Waals surface area contributed by atoms with E-state index in [2.05, 4.69) is 16.0 Å². The van der Waals surface area contributed by atoms with Crippen LogP contribution in [0.3, 0.4) is 0 Å². The zero-order chi connectivity index (χ0) is 21.6. The monoisotopic (exact) mass is 398 g/mol. The summed E-state index contributed by atoms with van der Waals surface area (Å²) in [6.45, 7) is 8.00. The zero-order valence-corrected chi connectivity index (χ0v) is 16.9. The molecule has 0 aliphatic carbocycles. The van der Waals surface area contributed by atoms with E-state index in [9.17, 15) is 29.1 Å². The summed E-state index contributed by atoms with van der Waals surface area (Å²) in [6.07, 6.45) is 1.02. The quantitative estimate of drug-likeness (QED) is 0.423. The summed E-state index contributed by atoms with van der Waals surface area (Å²) in [5.74, 6) is -3.26. The van der Waals surface area contributed by atoms with Gasteiger partial charge in [-0.05, 0) is 32.6 Å². The Kier molecular flexibility index (Phi) is 8.39. The lowest BCUT2D eigenvalue weighted by molar-refractivity contribution is -0.145. The van der Waals surface area contributed by atoms with Crippen LogP contribution in [0.4, 0.5) is 0 Å². The second kappa shape index (κ2) is 10.0. The van der Waals surface area contributed by atoms with E-state index in [0.29, 0.717) is 19.4 Å². The van der Waals surface area contributed by atoms with Crippen LogP contribution in [0.1, 0.15) is 47.5 Å². The van der Waals surface area contributed by atoms with Crippen LogP contribution in [0, 0.1) is 5.92 Å². The van der Waals surface area contributed by atoms with Crippen LogP contribution < -0.4 is 16.0 Å². The van der Waals surface area contributed by atoms with Crippen molar-refractivity contribution < 1.29 is 29.1 Å². The van der Waals surface area contributed by atoms with Gasteiger partial charge in [0.25, 0.3) is 0 Å². The lowest BCUT2D eigenvalue weighted by atomic mass is 10.0. The smallest absolute Gasteiger partial charge is 0.326 e. The fourth-order valence-electron chi connectivity index (χ4n) is 3.09. The minimum absolute atomic E-state index is 0.305. The Labute approximate surface area is 164 Å². The average molecular weight is 398 g/mol. The maximum absolute atomic E-state index is 12.7. The Hall–Kier alpha value is -2.65. The lowest BCUT2D eigenvalue weighted by Gasteiger charge is -2.29. The van der Waals surface area contributed by atoms with Crippen molar-refractivity contribution in [1.29, 1.82) is 0 Å². The number of likely N-dealkylation sites (tertiary alicyclic amines) is 1. The molecule has 1 saturated heterocycles. The summed E-state index contributed by atoms with van der Waals surface area (Å²) in [5, 5.41) is 16.7. The molecule has 158 valence electrons. The third-order valence-electron chi connectivity index (χ3n) is 4.61. The first-order chi connectivity index (χ1) is 13.0. The molecule has 28 heavy (non-hydrogen) atoms. The van der Waals surface area contributed by atoms with E-state index in [1.165, 1.54) is 25.7 Å². The van der Waals surface area contributed by atoms with Gasteiger partial charge in [-0.1, -0.05) is 13.8 Å². The maximum Gasteiger partial charge on any atom is 0.326 e. The van der Waals surface area contributed by atoms with Crippen molar-refractivity contribution in [2.45, 2.75) is 71.6 Å². The van der Waals surface area contributed by atoms with Crippen molar-refractivity contribution in [3.63, 3.8) is 0 Å². The highest BCUT2D eigenvalue weighted by molar-refractivity contribution is 5.95. The van der Waals surface area contributed by atoms with Gasteiger partial charge in [0.05, 0.1) is 0 Å². The standard InChI is InChI=1S/C18H30N4O6/c1-9(2)14(18(27)28)21-16(25)13-7-6-8-22(13)17(26)11(4)20-15(24)10(3)19-12(5)23/h9-11,13-14H,6-8H2,1-5H3,(H,19,23)(H,20,24)(H,21,25)(H,27,28)/t10?,11-,13-,14-/m0/s1. The highest BCUT2D eigenvalue weighted by atomic mass is 16.4. The SMILES string of the molecule is CC(=O)NC(C)C(=O)N[C@@H](C)C(=O)N1CCC[C@H]1C(=O)N[C@H](C(=O)O)C(C)C. The van der Waals surface area contributed by atoms with E-state index in [0.717, 1.165) is 0 Å². The minimum Gasteiger partial charge on any atom is -0.480 e. The maximum atomic E-state index is 12.7. The van der Waals surface area contributed by atoms with E-state index in [4.69, 9.17) is 0 Å². The molecule has 1 aliphatic heterocycles. The molecule has 10 nitrogen and oxygen atoms in total. The Morgan fingerprint density at radius 3 is 2.07 bits per heavy atom. The number of carbonyl (C=O) groups excluding carboxylic acids is 4. The zero-order valence-electron chi connectivity index (χ0n) is 16.9. The summed E-state index contributed by atoms with van der Waals surface area (Å²) in [6, 6.07) is -3.51. The highest BCUT2D eigenvalue weighted by Crippen LogP contribution is 2.19. The third-order valence-corrected chi connectivity index (χ3v) is 4.61. The second-order valence-electron chi connectivity index (χ2n) is 7.41. The Bertz CT molecular complexity index is 636. The lowest BCUT2D eigenvalue weighted by Crippen LogP contribution is -2.56. The summed E-state index contributed by atoms with van der Waals surface area (Å²) in [4.78, 5) is 61.1. The number of carbonyl (C=O) groups is 5. The number of nitrogens with zero attached hydrogens (tertiary/aromatic N) is 1. The molecule has 1 fully saturated rings. The number of amides is 4. The van der Waals surface area contributed by atoms with Crippen LogP contribution in [0.25, 0.3) is 0 Å². The van der Waals surface area contributed by atoms with Gasteiger partial charge in [-0.15, -0.1) is 0 Å². The predicted octanol–water partition coefficient (Wildman–Crippen LogP) is -0.768. The molecule has 4 atom stereocenters. The van der Waals surface area contributed by atoms with Gasteiger partial charge in [-0.2, -0.15) is 0 Å². The first kappa shape index (κ1) is 23.4. The Morgan fingerprint density at radius 2 is 1.57 bits per heavy atom. The van der Waals surface area contributed by atoms with Gasteiger partial charge in [0, 0.05) is 13.5 Å². The summed E-state index contributed by atoms with van der Waals surface area (Å²) in [5.41, 5.74) is 0. The number of carboxylic acids is 1. The van der Waals surface area contributed by atoms with E-state index in [-0.39, 0.29) is 11.8 Å². The second-order valence-corrected chi connectivity index (χ2v) is 7.41. The minimum atomic E-state index is -1.13. The van der Waals surface area contributed by atoms with Crippen molar-refractivity contribution >= 4 is 29.6 Å². The van der Waals surface area contributed by atoms with Gasteiger partial charge in [0.2, 0.25) is 23.6 Å². The molecule has 1 rings (SSSR count). The molecule has 0 radical (unpaired) electrons. The number of hydrogen-bond donors (Lipinski definition) is 4. The fraction of sp³-hybridized carbons (Fsp3) is 0.722. The number of carboxylic acid groups (broad SMARTS) is 1. The molecule has 10 heteroatoms. The molecule has 0 saturated carbocycles. The van der Waals surface area contributed by atoms with E-state index < -0.39 is 47.9 Å². The van der Waals surface area contributed by atoms with E-state index >= 15 is 0 Å². The number of aliphatic carboxylic acids is 1. The number of nitrogens with one attached hydrogen (secondary N) is 3. The number of rotatable bonds is 8. The van der Waals surface area contributed by atoms with Gasteiger partial charge in [-0.3, -0.25) is 19.2 Å². The van der Waals surface area contributed by atoms with Gasteiger partial charge < -0.3 is 26.0 Å². The molecule has 1 aliphatic rings. The van der Waals surface area contributed by atoms with Crippen LogP contribution in [-0.2, 0) is 24.0 Å². The normalized spacial score (nSPS) is 19.5. The molecular formula is C18H30N4O6. The molecule has 0 aromatic heterocycles. The van der Waals surface area contributed by atoms with Gasteiger partial charge in [0.15, 0.2) is 0 Å². The van der Waals surface area contributed by atoms with Crippen LogP contribution in [-0.4, -0.2) is 70.3 Å². The van der Waals surface area contributed by atoms with Crippen LogP contribution in [0.2, 0.25) is 0 Å². The van der Waals surface area contributed by atoms with Gasteiger partial charge >= 0.3 is 5.97 Å². The first-order valence-electron chi connectivity index (χ1n) is 9.36. The highest BCUT2D eigenvalue weighted by Gasteiger charge is 2.38. The summed E-state index contributed by atoms with van der Waals surface area (Å²) in [7, 11) is 0. The predicted molar refractivity (Wildman–Crippen MR) is 100 cm³/mol. The van der Waals surface area contributed by atoms with Crippen LogP contribution in [0.15, 0.2) is 0 Å². The molecule has 0 spiro atoms. The molecule has 4 N–H and O–H groups in total. The van der Waals surface area contributed by atoms with Crippen molar-refractivity contribution in [2.75, 3.05) is 6.54 Å². The average Bonchev–Trinajstić information content (AvgIpc) is 3.06. The van der Waals surface area contributed by atoms with Crippen LogP contribution in [0.5, 0.6) is 0 Å². The first-order valence-corrected chi connectivity index (χ1v) is 9.36. The van der Waals surface area contributed by atoms with E-state index in [1.54, 1.807) is 13.8 Å². The van der Waals surface area contributed by atoms with Crippen molar-refractivity contribution in [3.05, 3.63) is 0 Å².